The summed E-state index contributed by atoms with van der Waals surface area (Å²) in [5.74, 6) is -1.92. The molecule has 0 aromatic carbocycles. The first kappa shape index (κ1) is 24.5. The molecule has 2 amide bonds. The quantitative estimate of drug-likeness (QED) is 0.313. The third kappa shape index (κ3) is 4.68. The number of aryl methyl sites for hydroxylation is 1. The van der Waals surface area contributed by atoms with Crippen molar-refractivity contribution in [1.29, 1.82) is 0 Å². The highest BCUT2D eigenvalue weighted by atomic mass is 79.9. The van der Waals surface area contributed by atoms with Gasteiger partial charge in [0.2, 0.25) is 0 Å². The Bertz CT molecular complexity index is 1460. The third-order valence-corrected chi connectivity index (χ3v) is 6.92. The van der Waals surface area contributed by atoms with E-state index in [-0.39, 0.29) is 27.7 Å². The lowest BCUT2D eigenvalue weighted by atomic mass is 10.1. The first-order valence-corrected chi connectivity index (χ1v) is 12.4. The Hall–Kier alpha value is -3.58. The molecule has 182 valence electrons. The van der Waals surface area contributed by atoms with Crippen LogP contribution >= 0.6 is 27.3 Å². The van der Waals surface area contributed by atoms with Crippen LogP contribution in [-0.2, 0) is 11.3 Å². The smallest absolute Gasteiger partial charge is 0.341 e. The molecule has 4 rings (SSSR count). The van der Waals surface area contributed by atoms with Gasteiger partial charge < -0.3 is 15.8 Å². The highest BCUT2D eigenvalue weighted by Gasteiger charge is 2.27. The van der Waals surface area contributed by atoms with E-state index in [2.05, 4.69) is 36.4 Å². The number of esters is 1. The molecule has 0 aliphatic heterocycles. The van der Waals surface area contributed by atoms with Gasteiger partial charge in [0.05, 0.1) is 27.2 Å². The maximum atomic E-state index is 13.1. The zero-order valence-corrected chi connectivity index (χ0v) is 21.6. The molecular weight excluding hydrogens is 538 g/mol. The van der Waals surface area contributed by atoms with Crippen LogP contribution in [0.15, 0.2) is 29.0 Å². The molecule has 0 bridgehead atoms. The molecule has 4 heterocycles. The molecule has 0 aliphatic rings. The minimum Gasteiger partial charge on any atom is -0.462 e. The van der Waals surface area contributed by atoms with Gasteiger partial charge in [-0.05, 0) is 47.8 Å². The molecule has 0 aliphatic carbocycles. The lowest BCUT2D eigenvalue weighted by Crippen LogP contribution is -2.16. The van der Waals surface area contributed by atoms with E-state index in [1.807, 2.05) is 20.0 Å². The maximum absolute atomic E-state index is 13.1. The topological polar surface area (TPSA) is 146 Å². The van der Waals surface area contributed by atoms with Crippen molar-refractivity contribution < 1.29 is 19.1 Å². The van der Waals surface area contributed by atoms with E-state index in [1.54, 1.807) is 23.9 Å². The number of hydrogen-bond acceptors (Lipinski definition) is 8. The van der Waals surface area contributed by atoms with Gasteiger partial charge in [-0.15, -0.1) is 11.3 Å². The largest absolute Gasteiger partial charge is 0.462 e. The number of amides is 2. The molecule has 3 N–H and O–H groups in total. The second kappa shape index (κ2) is 9.96. The number of nitrogens with one attached hydrogen (secondary N) is 1. The van der Waals surface area contributed by atoms with E-state index < -0.39 is 17.8 Å². The van der Waals surface area contributed by atoms with Crippen molar-refractivity contribution in [3.63, 3.8) is 0 Å². The number of nitrogens with zero attached hydrogens (tertiary/aromatic N) is 5. The van der Waals surface area contributed by atoms with Crippen LogP contribution in [-0.4, -0.2) is 48.8 Å². The molecule has 0 radical (unpaired) electrons. The molecule has 0 fully saturated rings. The molecule has 0 atom stereocenters. The number of aromatic nitrogens is 5. The summed E-state index contributed by atoms with van der Waals surface area (Å²) in [5.41, 5.74) is 7.70. The van der Waals surface area contributed by atoms with Crippen molar-refractivity contribution in [1.82, 2.24) is 24.4 Å². The van der Waals surface area contributed by atoms with E-state index in [9.17, 15) is 14.4 Å². The van der Waals surface area contributed by atoms with Crippen LogP contribution in [0.1, 0.15) is 56.3 Å². The van der Waals surface area contributed by atoms with Gasteiger partial charge in [0.15, 0.2) is 11.3 Å². The molecular formula is C22H22BrN7O4S. The molecule has 0 saturated carbocycles. The Balaban J connectivity index is 1.70. The Morgan fingerprint density at radius 3 is 2.69 bits per heavy atom. The number of hydrogen-bond donors (Lipinski definition) is 2. The fraction of sp³-hybridized carbons (Fsp3) is 0.273. The third-order valence-electron chi connectivity index (χ3n) is 5.11. The van der Waals surface area contributed by atoms with Crippen LogP contribution in [0.25, 0.3) is 17.0 Å². The highest BCUT2D eigenvalue weighted by molar-refractivity contribution is 9.10. The van der Waals surface area contributed by atoms with Crippen molar-refractivity contribution in [3.05, 3.63) is 50.7 Å². The van der Waals surface area contributed by atoms with Crippen LogP contribution in [0, 0.1) is 6.92 Å². The summed E-state index contributed by atoms with van der Waals surface area (Å²) in [4.78, 5) is 42.1. The summed E-state index contributed by atoms with van der Waals surface area (Å²) >= 11 is 4.43. The number of ether oxygens (including phenoxy) is 1. The molecule has 0 saturated heterocycles. The van der Waals surface area contributed by atoms with Crippen molar-refractivity contribution in [3.8, 4) is 11.4 Å². The van der Waals surface area contributed by atoms with Crippen LogP contribution in [0.5, 0.6) is 0 Å². The fourth-order valence-corrected chi connectivity index (χ4v) is 5.00. The van der Waals surface area contributed by atoms with Gasteiger partial charge in [0.25, 0.3) is 11.8 Å². The maximum Gasteiger partial charge on any atom is 0.341 e. The average molecular weight is 560 g/mol. The Morgan fingerprint density at radius 2 is 2.03 bits per heavy atom. The van der Waals surface area contributed by atoms with E-state index in [4.69, 9.17) is 10.5 Å². The van der Waals surface area contributed by atoms with E-state index in [0.29, 0.717) is 35.6 Å². The van der Waals surface area contributed by atoms with Gasteiger partial charge in [0.1, 0.15) is 10.7 Å². The second-order valence-corrected chi connectivity index (χ2v) is 9.40. The number of carbonyl (C=O) groups is 3. The van der Waals surface area contributed by atoms with Gasteiger partial charge >= 0.3 is 5.97 Å². The number of rotatable bonds is 8. The van der Waals surface area contributed by atoms with Crippen molar-refractivity contribution in [2.24, 2.45) is 5.73 Å². The zero-order valence-electron chi connectivity index (χ0n) is 19.2. The Kier molecular flexibility index (Phi) is 6.98. The summed E-state index contributed by atoms with van der Waals surface area (Å²) in [6.45, 7) is 6.32. The monoisotopic (exact) mass is 559 g/mol. The predicted molar refractivity (Wildman–Crippen MR) is 134 cm³/mol. The summed E-state index contributed by atoms with van der Waals surface area (Å²) in [7, 11) is 0. The minimum absolute atomic E-state index is 0.0653. The first-order chi connectivity index (χ1) is 16.7. The molecule has 0 spiro atoms. The van der Waals surface area contributed by atoms with Crippen molar-refractivity contribution in [2.45, 2.75) is 33.7 Å². The molecule has 4 aromatic heterocycles. The van der Waals surface area contributed by atoms with Crippen molar-refractivity contribution >= 4 is 55.7 Å². The lowest BCUT2D eigenvalue weighted by Gasteiger charge is -2.06. The number of nitrogens with two attached hydrogens (primary N) is 1. The minimum atomic E-state index is -0.698. The summed E-state index contributed by atoms with van der Waals surface area (Å²) in [5, 5.41) is 11.8. The van der Waals surface area contributed by atoms with Gasteiger partial charge in [-0.1, -0.05) is 6.92 Å². The number of carbonyl (C=O) groups excluding carboxylic acids is 3. The number of fused-ring (bicyclic) bond motifs is 1. The molecule has 4 aromatic rings. The normalized spacial score (nSPS) is 11.1. The summed E-state index contributed by atoms with van der Waals surface area (Å²) in [6, 6.07) is 3.27. The molecule has 35 heavy (non-hydrogen) atoms. The molecule has 0 unspecified atom stereocenters. The number of thiophene rings is 1. The summed E-state index contributed by atoms with van der Waals surface area (Å²) in [6.07, 6.45) is 4.09. The number of primary amides is 1. The van der Waals surface area contributed by atoms with E-state index in [0.717, 1.165) is 15.8 Å². The summed E-state index contributed by atoms with van der Waals surface area (Å²) < 4.78 is 9.31. The van der Waals surface area contributed by atoms with Gasteiger partial charge in [0, 0.05) is 25.0 Å². The number of halogens is 1. The SMILES string of the molecule is CCCOC(=O)c1c(NC(=O)c2cc3nccc(-c4nn(CC)cc4Br)n3n2)sc(C(N)=O)c1C. The van der Waals surface area contributed by atoms with Gasteiger partial charge in [-0.2, -0.15) is 10.2 Å². The first-order valence-electron chi connectivity index (χ1n) is 10.7. The second-order valence-electron chi connectivity index (χ2n) is 7.53. The lowest BCUT2D eigenvalue weighted by molar-refractivity contribution is 0.0506. The fourth-order valence-electron chi connectivity index (χ4n) is 3.43. The highest BCUT2D eigenvalue weighted by Crippen LogP contribution is 2.34. The molecule has 11 nitrogen and oxygen atoms in total. The molecule has 13 heteroatoms. The Morgan fingerprint density at radius 1 is 1.26 bits per heavy atom. The van der Waals surface area contributed by atoms with Crippen LogP contribution in [0.3, 0.4) is 0 Å². The zero-order chi connectivity index (χ0) is 25.3. The van der Waals surface area contributed by atoms with Crippen molar-refractivity contribution in [2.75, 3.05) is 11.9 Å². The average Bonchev–Trinajstić information content (AvgIpc) is 3.52. The Labute approximate surface area is 212 Å². The van der Waals surface area contributed by atoms with Crippen LogP contribution in [0.2, 0.25) is 0 Å². The van der Waals surface area contributed by atoms with E-state index in [1.165, 1.54) is 10.6 Å². The number of anilines is 1. The van der Waals surface area contributed by atoms with Gasteiger partial charge in [-0.25, -0.2) is 14.3 Å². The predicted octanol–water partition coefficient (Wildman–Crippen LogP) is 3.66. The van der Waals surface area contributed by atoms with Gasteiger partial charge in [-0.3, -0.25) is 14.3 Å². The van der Waals surface area contributed by atoms with Crippen LogP contribution < -0.4 is 11.1 Å². The standard InChI is InChI=1S/C22H22BrN7O4S/c1-4-8-34-22(33)16-11(3)18(19(24)31)35-21(16)26-20(32)13-9-15-25-7-6-14(30(15)27-13)17-12(23)10-29(5-2)28-17/h6-7,9-10H,4-5,8H2,1-3H3,(H2,24,31)(H,26,32). The van der Waals surface area contributed by atoms with E-state index >= 15 is 0 Å². The van der Waals surface area contributed by atoms with Crippen LogP contribution in [0.4, 0.5) is 5.00 Å².